The summed E-state index contributed by atoms with van der Waals surface area (Å²) in [5.41, 5.74) is 0. The molecule has 1 saturated heterocycles. The molecule has 1 rings (SSSR count). The maximum atomic E-state index is 10.2. The van der Waals surface area contributed by atoms with E-state index in [1.807, 2.05) is 0 Å². The first-order valence-corrected chi connectivity index (χ1v) is 3.17. The van der Waals surface area contributed by atoms with Gasteiger partial charge in [-0.2, -0.15) is 0 Å². The molecule has 0 aromatic carbocycles. The van der Waals surface area contributed by atoms with Gasteiger partial charge in [-0.1, -0.05) is 0 Å². The van der Waals surface area contributed by atoms with Gasteiger partial charge in [-0.3, -0.25) is 0 Å². The molecule has 0 aromatic rings. The molecule has 1 heterocycles. The first kappa shape index (κ1) is 7.65. The minimum absolute atomic E-state index is 0.184. The van der Waals surface area contributed by atoms with Crippen molar-refractivity contribution in [3.8, 4) is 0 Å². The summed E-state index contributed by atoms with van der Waals surface area (Å²) in [4.78, 5) is 10.2. The largest absolute Gasteiger partial charge is 0.388 e. The fraction of sp³-hybridized carbons (Fsp3) is 0.833. The maximum Gasteiger partial charge on any atom is 0.151 e. The Hall–Kier alpha value is -0.450. The average Bonchev–Trinajstić information content (AvgIpc) is 2.13. The van der Waals surface area contributed by atoms with Crippen LogP contribution in [0.5, 0.6) is 0 Å². The molecule has 4 heteroatoms. The Balaban J connectivity index is 2.43. The van der Waals surface area contributed by atoms with Gasteiger partial charge >= 0.3 is 0 Å². The molecular formula is C6H10O4. The number of ether oxygens (including phenoxy) is 2. The van der Waals surface area contributed by atoms with Crippen molar-refractivity contribution < 1.29 is 19.4 Å². The molecule has 1 fully saturated rings. The molecule has 0 unspecified atom stereocenters. The lowest BCUT2D eigenvalue weighted by atomic mass is 10.2. The zero-order valence-electron chi connectivity index (χ0n) is 5.53. The van der Waals surface area contributed by atoms with E-state index in [1.54, 1.807) is 0 Å². The van der Waals surface area contributed by atoms with E-state index in [0.29, 0.717) is 19.5 Å². The van der Waals surface area contributed by atoms with Crippen LogP contribution in [0.25, 0.3) is 0 Å². The molecule has 10 heavy (non-hydrogen) atoms. The molecule has 0 bridgehead atoms. The third-order valence-corrected chi connectivity index (χ3v) is 1.34. The number of carbonyl (C=O) groups excluding carboxylic acids is 1. The molecule has 0 amide bonds. The van der Waals surface area contributed by atoms with E-state index < -0.39 is 12.2 Å². The minimum atomic E-state index is -0.806. The van der Waals surface area contributed by atoms with E-state index in [0.717, 1.165) is 0 Å². The second kappa shape index (κ2) is 3.65. The molecule has 0 radical (unpaired) electrons. The van der Waals surface area contributed by atoms with Crippen molar-refractivity contribution in [3.05, 3.63) is 0 Å². The summed E-state index contributed by atoms with van der Waals surface area (Å²) >= 11 is 0. The second-order valence-corrected chi connectivity index (χ2v) is 2.11. The lowest BCUT2D eigenvalue weighted by molar-refractivity contribution is -0.123. The Labute approximate surface area is 58.7 Å². The Morgan fingerprint density at radius 1 is 1.50 bits per heavy atom. The summed E-state index contributed by atoms with van der Waals surface area (Å²) in [5.74, 6) is 0. The Bertz CT molecular complexity index is 114. The smallest absolute Gasteiger partial charge is 0.151 e. The first-order valence-electron chi connectivity index (χ1n) is 3.17. The number of hydrogen-bond donors (Lipinski definition) is 1. The average molecular weight is 146 g/mol. The van der Waals surface area contributed by atoms with Crippen LogP contribution in [0.2, 0.25) is 0 Å². The van der Waals surface area contributed by atoms with E-state index in [1.165, 1.54) is 0 Å². The van der Waals surface area contributed by atoms with Crippen molar-refractivity contribution in [3.63, 3.8) is 0 Å². The molecule has 0 spiro atoms. The predicted octanol–water partition coefficient (Wildman–Crippen LogP) is -1.04. The van der Waals surface area contributed by atoms with E-state index in [-0.39, 0.29) is 6.61 Å². The fourth-order valence-corrected chi connectivity index (χ4v) is 0.783. The third-order valence-electron chi connectivity index (χ3n) is 1.34. The van der Waals surface area contributed by atoms with Crippen LogP contribution in [0.15, 0.2) is 0 Å². The van der Waals surface area contributed by atoms with Crippen LogP contribution in [0.3, 0.4) is 0 Å². The van der Waals surface area contributed by atoms with Crippen molar-refractivity contribution in [1.29, 1.82) is 0 Å². The number of carbonyl (C=O) groups is 1. The van der Waals surface area contributed by atoms with E-state index in [9.17, 15) is 4.79 Å². The van der Waals surface area contributed by atoms with Crippen molar-refractivity contribution in [2.24, 2.45) is 0 Å². The van der Waals surface area contributed by atoms with Crippen molar-refractivity contribution >= 4 is 6.29 Å². The van der Waals surface area contributed by atoms with Gasteiger partial charge in [-0.05, 0) is 0 Å². The number of rotatable bonds is 1. The third kappa shape index (κ3) is 1.76. The highest BCUT2D eigenvalue weighted by molar-refractivity contribution is 5.57. The van der Waals surface area contributed by atoms with Gasteiger partial charge in [0.15, 0.2) is 6.29 Å². The summed E-state index contributed by atoms with van der Waals surface area (Å²) in [6, 6.07) is 0. The van der Waals surface area contributed by atoms with Gasteiger partial charge in [0.2, 0.25) is 0 Å². The first-order chi connectivity index (χ1) is 4.84. The lowest BCUT2D eigenvalue weighted by Gasteiger charge is -2.11. The molecule has 2 atom stereocenters. The topological polar surface area (TPSA) is 55.8 Å². The molecule has 1 aliphatic heterocycles. The van der Waals surface area contributed by atoms with Crippen LogP contribution < -0.4 is 0 Å². The quantitative estimate of drug-likeness (QED) is 0.480. The highest BCUT2D eigenvalue weighted by Crippen LogP contribution is 2.01. The van der Waals surface area contributed by atoms with Gasteiger partial charge in [-0.25, -0.2) is 0 Å². The molecule has 0 aliphatic carbocycles. The van der Waals surface area contributed by atoms with Gasteiger partial charge in [0.05, 0.1) is 19.8 Å². The van der Waals surface area contributed by atoms with Gasteiger partial charge in [-0.15, -0.1) is 0 Å². The number of aliphatic hydroxyl groups is 1. The van der Waals surface area contributed by atoms with Crippen LogP contribution in [0.1, 0.15) is 0 Å². The monoisotopic (exact) mass is 146 g/mol. The summed E-state index contributed by atoms with van der Waals surface area (Å²) in [6.45, 7) is 1.01. The Morgan fingerprint density at radius 2 is 2.30 bits per heavy atom. The predicted molar refractivity (Wildman–Crippen MR) is 32.6 cm³/mol. The zero-order valence-corrected chi connectivity index (χ0v) is 5.53. The molecular weight excluding hydrogens is 136 g/mol. The summed E-state index contributed by atoms with van der Waals surface area (Å²) in [6.07, 6.45) is -0.915. The van der Waals surface area contributed by atoms with Crippen LogP contribution in [-0.4, -0.2) is 43.4 Å². The Kier molecular flexibility index (Phi) is 2.80. The van der Waals surface area contributed by atoms with Gasteiger partial charge in [0, 0.05) is 0 Å². The molecule has 0 saturated carbocycles. The molecule has 1 N–H and O–H groups in total. The van der Waals surface area contributed by atoms with Gasteiger partial charge < -0.3 is 19.4 Å². The second-order valence-electron chi connectivity index (χ2n) is 2.11. The minimum Gasteiger partial charge on any atom is -0.388 e. The van der Waals surface area contributed by atoms with Crippen molar-refractivity contribution in [2.75, 3.05) is 19.8 Å². The summed E-state index contributed by atoms with van der Waals surface area (Å²) in [7, 11) is 0. The van der Waals surface area contributed by atoms with Crippen LogP contribution in [-0.2, 0) is 14.3 Å². The fourth-order valence-electron chi connectivity index (χ4n) is 0.783. The van der Waals surface area contributed by atoms with Gasteiger partial charge in [0.1, 0.15) is 12.2 Å². The molecule has 0 aromatic heterocycles. The van der Waals surface area contributed by atoms with E-state index >= 15 is 0 Å². The normalized spacial score (nSPS) is 34.9. The SMILES string of the molecule is O=C[C@H]1OCCOC[C@@H]1O. The maximum absolute atomic E-state index is 10.2. The number of hydrogen-bond acceptors (Lipinski definition) is 4. The molecule has 4 nitrogen and oxygen atoms in total. The van der Waals surface area contributed by atoms with Crippen LogP contribution in [0, 0.1) is 0 Å². The number of aliphatic hydroxyl groups excluding tert-OH is 1. The molecule has 1 aliphatic rings. The van der Waals surface area contributed by atoms with Crippen LogP contribution >= 0.6 is 0 Å². The zero-order chi connectivity index (χ0) is 7.40. The van der Waals surface area contributed by atoms with Crippen molar-refractivity contribution in [2.45, 2.75) is 12.2 Å². The summed E-state index contributed by atoms with van der Waals surface area (Å²) in [5, 5.41) is 9.07. The standard InChI is InChI=1S/C6H10O4/c7-3-6-5(8)4-9-1-2-10-6/h3,5-6,8H,1-2,4H2/t5-,6+/m0/s1. The van der Waals surface area contributed by atoms with Crippen molar-refractivity contribution in [1.82, 2.24) is 0 Å². The Morgan fingerprint density at radius 3 is 3.00 bits per heavy atom. The highest BCUT2D eigenvalue weighted by Gasteiger charge is 2.21. The van der Waals surface area contributed by atoms with Gasteiger partial charge in [0.25, 0.3) is 0 Å². The molecule has 58 valence electrons. The lowest BCUT2D eigenvalue weighted by Crippen LogP contribution is -2.31. The van der Waals surface area contributed by atoms with E-state index in [2.05, 4.69) is 0 Å². The summed E-state index contributed by atoms with van der Waals surface area (Å²) < 4.78 is 9.83. The van der Waals surface area contributed by atoms with Crippen LogP contribution in [0.4, 0.5) is 0 Å². The van der Waals surface area contributed by atoms with E-state index in [4.69, 9.17) is 14.6 Å². The highest BCUT2D eigenvalue weighted by atomic mass is 16.6. The number of aldehydes is 1.